The molecule has 24 heavy (non-hydrogen) atoms. The minimum atomic E-state index is -0.299. The molecule has 1 aromatic heterocycles. The molecule has 2 aromatic rings. The molecule has 4 nitrogen and oxygen atoms in total. The Balaban J connectivity index is 1.59. The van der Waals surface area contributed by atoms with Crippen LogP contribution in [0, 0.1) is 12.7 Å². The van der Waals surface area contributed by atoms with E-state index in [0.29, 0.717) is 41.6 Å². The van der Waals surface area contributed by atoms with E-state index in [1.807, 2.05) is 6.92 Å². The molecule has 1 N–H and O–H groups in total. The fourth-order valence-corrected chi connectivity index (χ4v) is 3.48. The summed E-state index contributed by atoms with van der Waals surface area (Å²) < 4.78 is 14.1. The molecule has 4 rings (SSSR count). The van der Waals surface area contributed by atoms with E-state index in [1.54, 1.807) is 6.07 Å². The van der Waals surface area contributed by atoms with Gasteiger partial charge in [0.25, 0.3) is 5.56 Å². The molecular formula is C18H19ClFN3O. The molecule has 0 radical (unpaired) electrons. The van der Waals surface area contributed by atoms with E-state index in [1.165, 1.54) is 6.07 Å². The van der Waals surface area contributed by atoms with Gasteiger partial charge >= 0.3 is 0 Å². The molecule has 0 unspecified atom stereocenters. The van der Waals surface area contributed by atoms with Gasteiger partial charge in [-0.2, -0.15) is 0 Å². The molecule has 6 heteroatoms. The number of aromatic nitrogens is 2. The third kappa shape index (κ3) is 2.87. The Kier molecular flexibility index (Phi) is 3.93. The molecule has 0 saturated heterocycles. The van der Waals surface area contributed by atoms with Crippen LogP contribution < -0.4 is 5.56 Å². The van der Waals surface area contributed by atoms with E-state index in [2.05, 4.69) is 14.9 Å². The lowest BCUT2D eigenvalue weighted by Gasteiger charge is -2.28. The number of hydrogen-bond acceptors (Lipinski definition) is 3. The molecule has 1 aromatic carbocycles. The second kappa shape index (κ2) is 5.97. The van der Waals surface area contributed by atoms with Crippen molar-refractivity contribution in [3.8, 4) is 0 Å². The van der Waals surface area contributed by atoms with Gasteiger partial charge in [-0.1, -0.05) is 17.7 Å². The van der Waals surface area contributed by atoms with Crippen molar-refractivity contribution >= 4 is 11.6 Å². The Morgan fingerprint density at radius 1 is 1.42 bits per heavy atom. The molecule has 1 saturated carbocycles. The normalized spacial score (nSPS) is 17.8. The zero-order valence-electron chi connectivity index (χ0n) is 13.5. The Bertz CT molecular complexity index is 860. The van der Waals surface area contributed by atoms with Crippen LogP contribution in [-0.2, 0) is 19.5 Å². The molecule has 0 bridgehead atoms. The quantitative estimate of drug-likeness (QED) is 0.926. The molecular weight excluding hydrogens is 329 g/mol. The minimum absolute atomic E-state index is 0.0533. The van der Waals surface area contributed by atoms with Crippen LogP contribution in [0.4, 0.5) is 4.39 Å². The summed E-state index contributed by atoms with van der Waals surface area (Å²) in [4.78, 5) is 22.0. The lowest BCUT2D eigenvalue weighted by Crippen LogP contribution is -2.36. The standard InChI is InChI=1S/C18H19ClFN3O/c1-10-2-5-14(20)12(16(10)19)8-23-7-6-15-13(9-23)18(24)22-17(21-15)11-3-4-11/h2,5,11H,3-4,6-9H2,1H3,(H,21,22,24). The zero-order valence-corrected chi connectivity index (χ0v) is 14.3. The third-order valence-electron chi connectivity index (χ3n) is 4.89. The van der Waals surface area contributed by atoms with Crippen molar-refractivity contribution < 1.29 is 4.39 Å². The largest absolute Gasteiger partial charge is 0.310 e. The molecule has 0 atom stereocenters. The lowest BCUT2D eigenvalue weighted by atomic mass is 10.0. The van der Waals surface area contributed by atoms with Crippen LogP contribution in [0.15, 0.2) is 16.9 Å². The fraction of sp³-hybridized carbons (Fsp3) is 0.444. The number of benzene rings is 1. The second-order valence-corrected chi connectivity index (χ2v) is 7.15. The van der Waals surface area contributed by atoms with Crippen molar-refractivity contribution in [1.82, 2.24) is 14.9 Å². The SMILES string of the molecule is Cc1ccc(F)c(CN2CCc3nc(C4CC4)[nH]c(=O)c3C2)c1Cl. The predicted octanol–water partition coefficient (Wildman–Crippen LogP) is 3.31. The maximum Gasteiger partial charge on any atom is 0.255 e. The van der Waals surface area contributed by atoms with E-state index in [9.17, 15) is 9.18 Å². The van der Waals surface area contributed by atoms with E-state index < -0.39 is 0 Å². The zero-order chi connectivity index (χ0) is 16.8. The van der Waals surface area contributed by atoms with E-state index in [4.69, 9.17) is 11.6 Å². The van der Waals surface area contributed by atoms with Crippen LogP contribution in [-0.4, -0.2) is 21.4 Å². The highest BCUT2D eigenvalue weighted by atomic mass is 35.5. The molecule has 126 valence electrons. The average molecular weight is 348 g/mol. The van der Waals surface area contributed by atoms with Crippen molar-refractivity contribution in [2.45, 2.75) is 45.2 Å². The summed E-state index contributed by atoms with van der Waals surface area (Å²) in [5, 5.41) is 0.469. The molecule has 2 aliphatic rings. The number of halogens is 2. The molecule has 0 spiro atoms. The van der Waals surface area contributed by atoms with Gasteiger partial charge < -0.3 is 4.98 Å². The van der Waals surface area contributed by atoms with Gasteiger partial charge in [0.05, 0.1) is 16.3 Å². The van der Waals surface area contributed by atoms with E-state index >= 15 is 0 Å². The van der Waals surface area contributed by atoms with Gasteiger partial charge in [0, 0.05) is 37.5 Å². The molecule has 1 aliphatic heterocycles. The first-order valence-electron chi connectivity index (χ1n) is 8.30. The van der Waals surface area contributed by atoms with Crippen LogP contribution in [0.25, 0.3) is 0 Å². The number of aryl methyl sites for hydroxylation is 1. The fourth-order valence-electron chi connectivity index (χ4n) is 3.27. The van der Waals surface area contributed by atoms with E-state index in [-0.39, 0.29) is 11.4 Å². The molecule has 0 amide bonds. The lowest BCUT2D eigenvalue weighted by molar-refractivity contribution is 0.238. The maximum atomic E-state index is 14.1. The number of nitrogens with one attached hydrogen (secondary N) is 1. The van der Waals surface area contributed by atoms with Crippen LogP contribution in [0.1, 0.15) is 47.0 Å². The van der Waals surface area contributed by atoms with Crippen molar-refractivity contribution in [1.29, 1.82) is 0 Å². The highest BCUT2D eigenvalue weighted by molar-refractivity contribution is 6.32. The van der Waals surface area contributed by atoms with Crippen molar-refractivity contribution in [3.63, 3.8) is 0 Å². The van der Waals surface area contributed by atoms with Crippen LogP contribution >= 0.6 is 11.6 Å². The maximum absolute atomic E-state index is 14.1. The monoisotopic (exact) mass is 347 g/mol. The topological polar surface area (TPSA) is 49.0 Å². The summed E-state index contributed by atoms with van der Waals surface area (Å²) >= 11 is 6.26. The number of nitrogens with zero attached hydrogens (tertiary/aromatic N) is 2. The summed E-state index contributed by atoms with van der Waals surface area (Å²) in [5.41, 5.74) is 2.91. The van der Waals surface area contributed by atoms with Crippen LogP contribution in [0.3, 0.4) is 0 Å². The van der Waals surface area contributed by atoms with Crippen molar-refractivity contribution in [3.05, 3.63) is 61.5 Å². The summed E-state index contributed by atoms with van der Waals surface area (Å²) in [5.74, 6) is 0.966. The van der Waals surface area contributed by atoms with Gasteiger partial charge in [-0.3, -0.25) is 9.69 Å². The Morgan fingerprint density at radius 2 is 2.21 bits per heavy atom. The highest BCUT2D eigenvalue weighted by Gasteiger charge is 2.29. The second-order valence-electron chi connectivity index (χ2n) is 6.77. The van der Waals surface area contributed by atoms with Crippen LogP contribution in [0.5, 0.6) is 0 Å². The van der Waals surface area contributed by atoms with Gasteiger partial charge in [0.2, 0.25) is 0 Å². The van der Waals surface area contributed by atoms with Gasteiger partial charge in [-0.25, -0.2) is 9.37 Å². The summed E-state index contributed by atoms with van der Waals surface area (Å²) in [6, 6.07) is 3.13. The summed E-state index contributed by atoms with van der Waals surface area (Å²) in [6.45, 7) is 3.49. The van der Waals surface area contributed by atoms with Gasteiger partial charge in [0.1, 0.15) is 11.6 Å². The van der Waals surface area contributed by atoms with Crippen molar-refractivity contribution in [2.24, 2.45) is 0 Å². The third-order valence-corrected chi connectivity index (χ3v) is 5.42. The number of aromatic amines is 1. The van der Waals surface area contributed by atoms with Gasteiger partial charge in [-0.15, -0.1) is 0 Å². The Hall–Kier alpha value is -1.72. The Labute approximate surface area is 144 Å². The first-order valence-corrected chi connectivity index (χ1v) is 8.68. The summed E-state index contributed by atoms with van der Waals surface area (Å²) in [7, 11) is 0. The van der Waals surface area contributed by atoms with Crippen LogP contribution in [0.2, 0.25) is 5.02 Å². The molecule has 1 aliphatic carbocycles. The van der Waals surface area contributed by atoms with Gasteiger partial charge in [0.15, 0.2) is 0 Å². The number of fused-ring (bicyclic) bond motifs is 1. The highest BCUT2D eigenvalue weighted by Crippen LogP contribution is 2.38. The van der Waals surface area contributed by atoms with E-state index in [0.717, 1.165) is 36.5 Å². The first kappa shape index (κ1) is 15.8. The predicted molar refractivity (Wildman–Crippen MR) is 90.8 cm³/mol. The minimum Gasteiger partial charge on any atom is -0.310 e. The smallest absolute Gasteiger partial charge is 0.255 e. The van der Waals surface area contributed by atoms with Crippen molar-refractivity contribution in [2.75, 3.05) is 6.54 Å². The molecule has 2 heterocycles. The first-order chi connectivity index (χ1) is 11.5. The summed E-state index contributed by atoms with van der Waals surface area (Å²) in [6.07, 6.45) is 2.93. The number of H-pyrrole nitrogens is 1. The Morgan fingerprint density at radius 3 is 2.96 bits per heavy atom. The van der Waals surface area contributed by atoms with Gasteiger partial charge in [-0.05, 0) is 31.4 Å². The molecule has 1 fully saturated rings. The average Bonchev–Trinajstić information content (AvgIpc) is 3.40. The number of rotatable bonds is 3. The number of hydrogen-bond donors (Lipinski definition) is 1.